The lowest BCUT2D eigenvalue weighted by Crippen LogP contribution is -2.37. The summed E-state index contributed by atoms with van der Waals surface area (Å²) in [5.41, 5.74) is 1.01. The number of fused-ring (bicyclic) bond motifs is 1. The van der Waals surface area contributed by atoms with Gasteiger partial charge < -0.3 is 14.8 Å². The van der Waals surface area contributed by atoms with Crippen molar-refractivity contribution in [1.29, 1.82) is 0 Å². The van der Waals surface area contributed by atoms with Gasteiger partial charge >= 0.3 is 0 Å². The third-order valence-electron chi connectivity index (χ3n) is 4.09. The molecule has 8 nitrogen and oxygen atoms in total. The van der Waals surface area contributed by atoms with Gasteiger partial charge in [-0.2, -0.15) is 0 Å². The van der Waals surface area contributed by atoms with Crippen LogP contribution in [0.1, 0.15) is 16.1 Å². The number of hydrogen-bond donors (Lipinski definition) is 1. The van der Waals surface area contributed by atoms with E-state index in [4.69, 9.17) is 9.47 Å². The number of carbonyl (C=O) groups excluding carboxylic acids is 3. The van der Waals surface area contributed by atoms with Crippen molar-refractivity contribution in [3.05, 3.63) is 58.8 Å². The predicted octanol–water partition coefficient (Wildman–Crippen LogP) is 2.28. The number of nitrogens with zero attached hydrogens (tertiary/aromatic N) is 2. The number of aromatic nitrogens is 1. The van der Waals surface area contributed by atoms with E-state index in [0.717, 1.165) is 22.2 Å². The number of nitrogens with one attached hydrogen (secondary N) is 1. The summed E-state index contributed by atoms with van der Waals surface area (Å²) in [7, 11) is 0. The zero-order chi connectivity index (χ0) is 19.5. The fourth-order valence-corrected chi connectivity index (χ4v) is 3.58. The molecular weight excluding hydrogens is 382 g/mol. The summed E-state index contributed by atoms with van der Waals surface area (Å²) in [4.78, 5) is 42.1. The van der Waals surface area contributed by atoms with E-state index in [9.17, 15) is 14.4 Å². The fraction of sp³-hybridized carbons (Fsp3) is 0.158. The van der Waals surface area contributed by atoms with Crippen molar-refractivity contribution in [1.82, 2.24) is 15.2 Å². The Hall–Kier alpha value is -3.33. The van der Waals surface area contributed by atoms with Crippen molar-refractivity contribution in [2.45, 2.75) is 0 Å². The van der Waals surface area contributed by atoms with Gasteiger partial charge in [0.05, 0.1) is 4.91 Å². The van der Waals surface area contributed by atoms with E-state index in [2.05, 4.69) is 10.3 Å². The van der Waals surface area contributed by atoms with Crippen molar-refractivity contribution in [2.75, 3.05) is 19.9 Å². The second-order valence-corrected chi connectivity index (χ2v) is 6.91. The highest BCUT2D eigenvalue weighted by molar-refractivity contribution is 8.18. The van der Waals surface area contributed by atoms with Crippen LogP contribution in [0.2, 0.25) is 0 Å². The Morgan fingerprint density at radius 2 is 2.07 bits per heavy atom. The predicted molar refractivity (Wildman–Crippen MR) is 102 cm³/mol. The summed E-state index contributed by atoms with van der Waals surface area (Å²) in [6, 6.07) is 10.3. The molecular formula is C19H15N3O5S. The Morgan fingerprint density at radius 3 is 2.89 bits per heavy atom. The minimum atomic E-state index is -0.389. The van der Waals surface area contributed by atoms with Gasteiger partial charge in [0.15, 0.2) is 11.5 Å². The van der Waals surface area contributed by atoms with Gasteiger partial charge in [-0.1, -0.05) is 12.1 Å². The van der Waals surface area contributed by atoms with E-state index in [1.54, 1.807) is 42.5 Å². The summed E-state index contributed by atoms with van der Waals surface area (Å²) < 4.78 is 10.6. The molecule has 3 amide bonds. The number of amides is 3. The summed E-state index contributed by atoms with van der Waals surface area (Å²) in [5, 5.41) is 2.28. The second-order valence-electron chi connectivity index (χ2n) is 5.92. The Labute approximate surface area is 164 Å². The maximum Gasteiger partial charge on any atom is 0.293 e. The second kappa shape index (κ2) is 7.73. The lowest BCUT2D eigenvalue weighted by atomic mass is 10.2. The maximum atomic E-state index is 12.5. The normalized spacial score (nSPS) is 16.7. The lowest BCUT2D eigenvalue weighted by Gasteiger charge is -2.12. The SMILES string of the molecule is O=C(NCCN1C(=O)S/C(=C/c2ccc3c(c2)OCO3)C1=O)c1ccccn1. The molecule has 0 spiro atoms. The largest absolute Gasteiger partial charge is 0.454 e. The zero-order valence-corrected chi connectivity index (χ0v) is 15.4. The number of imide groups is 1. The monoisotopic (exact) mass is 397 g/mol. The molecule has 1 saturated heterocycles. The molecule has 9 heteroatoms. The first-order valence-corrected chi connectivity index (χ1v) is 9.28. The molecule has 142 valence electrons. The Morgan fingerprint density at radius 1 is 1.21 bits per heavy atom. The number of thioether (sulfide) groups is 1. The highest BCUT2D eigenvalue weighted by Gasteiger charge is 2.34. The van der Waals surface area contributed by atoms with Gasteiger partial charge in [-0.15, -0.1) is 0 Å². The van der Waals surface area contributed by atoms with Crippen LogP contribution in [0.5, 0.6) is 11.5 Å². The Balaban J connectivity index is 1.38. The van der Waals surface area contributed by atoms with Crippen LogP contribution in [0, 0.1) is 0 Å². The number of carbonyl (C=O) groups is 3. The average Bonchev–Trinajstić information content (AvgIpc) is 3.28. The van der Waals surface area contributed by atoms with Crippen molar-refractivity contribution in [2.24, 2.45) is 0 Å². The molecule has 1 fully saturated rings. The smallest absolute Gasteiger partial charge is 0.293 e. The van der Waals surface area contributed by atoms with E-state index in [1.165, 1.54) is 6.20 Å². The van der Waals surface area contributed by atoms with Crippen LogP contribution in [0.3, 0.4) is 0 Å². The van der Waals surface area contributed by atoms with Gasteiger partial charge in [0.2, 0.25) is 6.79 Å². The maximum absolute atomic E-state index is 12.5. The molecule has 0 aliphatic carbocycles. The highest BCUT2D eigenvalue weighted by atomic mass is 32.2. The van der Waals surface area contributed by atoms with Gasteiger partial charge in [0.25, 0.3) is 17.1 Å². The van der Waals surface area contributed by atoms with Gasteiger partial charge in [-0.25, -0.2) is 0 Å². The summed E-state index contributed by atoms with van der Waals surface area (Å²) >= 11 is 0.867. The number of pyridine rings is 1. The number of rotatable bonds is 5. The van der Waals surface area contributed by atoms with Crippen molar-refractivity contribution >= 4 is 34.9 Å². The van der Waals surface area contributed by atoms with Crippen molar-refractivity contribution in [3.63, 3.8) is 0 Å². The van der Waals surface area contributed by atoms with Crippen LogP contribution in [0.15, 0.2) is 47.5 Å². The first-order valence-electron chi connectivity index (χ1n) is 8.46. The van der Waals surface area contributed by atoms with E-state index < -0.39 is 0 Å². The van der Waals surface area contributed by atoms with E-state index in [1.807, 2.05) is 0 Å². The van der Waals surface area contributed by atoms with Gasteiger partial charge in [0, 0.05) is 19.3 Å². The molecule has 1 N–H and O–H groups in total. The highest BCUT2D eigenvalue weighted by Crippen LogP contribution is 2.36. The van der Waals surface area contributed by atoms with E-state index in [-0.39, 0.29) is 42.6 Å². The molecule has 1 aromatic heterocycles. The average molecular weight is 397 g/mol. The standard InChI is InChI=1S/C19H15N3O5S/c23-17(13-3-1-2-6-20-13)21-7-8-22-18(24)16(28-19(22)25)10-12-4-5-14-15(9-12)27-11-26-14/h1-6,9-10H,7-8,11H2,(H,21,23)/b16-10+. The molecule has 0 atom stereocenters. The van der Waals surface area contributed by atoms with Crippen LogP contribution in [-0.2, 0) is 4.79 Å². The molecule has 4 rings (SSSR count). The zero-order valence-electron chi connectivity index (χ0n) is 14.6. The van der Waals surface area contributed by atoms with Crippen LogP contribution in [0.4, 0.5) is 4.79 Å². The minimum absolute atomic E-state index is 0.0850. The summed E-state index contributed by atoms with van der Waals surface area (Å²) in [6.45, 7) is 0.395. The third kappa shape index (κ3) is 3.70. The Bertz CT molecular complexity index is 977. The first kappa shape index (κ1) is 18.1. The molecule has 2 aliphatic rings. The number of hydrogen-bond acceptors (Lipinski definition) is 7. The summed E-state index contributed by atoms with van der Waals surface area (Å²) in [5.74, 6) is 0.502. The van der Waals surface area contributed by atoms with Crippen LogP contribution >= 0.6 is 11.8 Å². The minimum Gasteiger partial charge on any atom is -0.454 e. The summed E-state index contributed by atoms with van der Waals surface area (Å²) in [6.07, 6.45) is 3.16. The van der Waals surface area contributed by atoms with Gasteiger partial charge in [-0.3, -0.25) is 24.3 Å². The first-order chi connectivity index (χ1) is 13.6. The number of benzene rings is 1. The fourth-order valence-electron chi connectivity index (χ4n) is 2.72. The quantitative estimate of drug-likeness (QED) is 0.773. The third-order valence-corrected chi connectivity index (χ3v) is 4.99. The van der Waals surface area contributed by atoms with E-state index in [0.29, 0.717) is 16.4 Å². The Kier molecular flexibility index (Phi) is 4.98. The number of ether oxygens (including phenoxy) is 2. The van der Waals surface area contributed by atoms with Gasteiger partial charge in [-0.05, 0) is 47.7 Å². The van der Waals surface area contributed by atoms with Crippen LogP contribution in [-0.4, -0.2) is 46.8 Å². The molecule has 0 saturated carbocycles. The molecule has 0 unspecified atom stereocenters. The molecule has 0 bridgehead atoms. The molecule has 3 heterocycles. The van der Waals surface area contributed by atoms with Gasteiger partial charge in [0.1, 0.15) is 5.69 Å². The van der Waals surface area contributed by atoms with Crippen molar-refractivity contribution < 1.29 is 23.9 Å². The van der Waals surface area contributed by atoms with Crippen LogP contribution < -0.4 is 14.8 Å². The molecule has 2 aromatic rings. The molecule has 2 aliphatic heterocycles. The molecule has 1 aromatic carbocycles. The lowest BCUT2D eigenvalue weighted by molar-refractivity contribution is -0.122. The van der Waals surface area contributed by atoms with Crippen LogP contribution in [0.25, 0.3) is 6.08 Å². The molecule has 0 radical (unpaired) electrons. The van der Waals surface area contributed by atoms with Crippen molar-refractivity contribution in [3.8, 4) is 11.5 Å². The molecule has 28 heavy (non-hydrogen) atoms. The van der Waals surface area contributed by atoms with E-state index >= 15 is 0 Å². The topological polar surface area (TPSA) is 97.8 Å².